The van der Waals surface area contributed by atoms with Gasteiger partial charge in [0.25, 0.3) is 0 Å². The zero-order valence-corrected chi connectivity index (χ0v) is 19.4. The molecule has 3 rings (SSSR count). The van der Waals surface area contributed by atoms with Crippen LogP contribution in [0.4, 0.5) is 19.0 Å². The van der Waals surface area contributed by atoms with E-state index in [4.69, 9.17) is 18.9 Å². The van der Waals surface area contributed by atoms with E-state index in [-0.39, 0.29) is 5.69 Å². The van der Waals surface area contributed by atoms with Gasteiger partial charge < -0.3 is 24.3 Å². The van der Waals surface area contributed by atoms with Gasteiger partial charge >= 0.3 is 6.18 Å². The molecule has 2 aromatic heterocycles. The number of anilines is 1. The second-order valence-electron chi connectivity index (χ2n) is 7.45. The van der Waals surface area contributed by atoms with E-state index in [1.165, 1.54) is 0 Å². The van der Waals surface area contributed by atoms with Crippen LogP contribution in [-0.4, -0.2) is 55.6 Å². The Morgan fingerprint density at radius 2 is 1.59 bits per heavy atom. The fourth-order valence-electron chi connectivity index (χ4n) is 3.20. The quantitative estimate of drug-likeness (QED) is 0.399. The van der Waals surface area contributed by atoms with Crippen molar-refractivity contribution in [1.82, 2.24) is 15.0 Å². The van der Waals surface area contributed by atoms with E-state index in [1.54, 1.807) is 40.2 Å². The van der Waals surface area contributed by atoms with E-state index < -0.39 is 17.8 Å². The number of aryl methyl sites for hydroxylation is 1. The third-order valence-electron chi connectivity index (χ3n) is 4.87. The molecule has 0 bridgehead atoms. The summed E-state index contributed by atoms with van der Waals surface area (Å²) in [6, 6.07) is 4.88. The summed E-state index contributed by atoms with van der Waals surface area (Å²) >= 11 is 0. The van der Waals surface area contributed by atoms with E-state index >= 15 is 0 Å². The second kappa shape index (κ2) is 11.3. The minimum absolute atomic E-state index is 0.232. The Bertz CT molecular complexity index is 1110. The highest BCUT2D eigenvalue weighted by molar-refractivity contribution is 5.92. The lowest BCUT2D eigenvalue weighted by Gasteiger charge is -2.19. The topological polar surface area (TPSA) is 87.6 Å². The largest absolute Gasteiger partial charge is 0.487 e. The molecule has 8 nitrogen and oxygen atoms in total. The molecule has 3 aromatic rings. The van der Waals surface area contributed by atoms with Crippen molar-refractivity contribution < 1.29 is 32.1 Å². The first-order chi connectivity index (χ1) is 16.2. The number of alkyl halides is 3. The molecule has 1 atom stereocenters. The standard InChI is InChI=1S/C23H27F3N4O4/c1-14(18-11-16(5-6-27-18)23(24,25)26)28-22-17-12-20(33-9-7-31-3)21(34-10-8-32-4)13-19(17)29-15(2)30-22/h5-6,11-14H,7-10H2,1-4H3,(H,28,29,30)/t14-/m1/s1. The highest BCUT2D eigenvalue weighted by Crippen LogP contribution is 2.36. The summed E-state index contributed by atoms with van der Waals surface area (Å²) in [5, 5.41) is 3.79. The highest BCUT2D eigenvalue weighted by atomic mass is 19.4. The molecule has 0 fully saturated rings. The van der Waals surface area contributed by atoms with Crippen LogP contribution >= 0.6 is 0 Å². The van der Waals surface area contributed by atoms with Crippen molar-refractivity contribution in [1.29, 1.82) is 0 Å². The lowest BCUT2D eigenvalue weighted by molar-refractivity contribution is -0.137. The number of nitrogens with zero attached hydrogens (tertiary/aromatic N) is 3. The Morgan fingerprint density at radius 3 is 2.21 bits per heavy atom. The van der Waals surface area contributed by atoms with Gasteiger partial charge in [-0.1, -0.05) is 0 Å². The number of hydrogen-bond acceptors (Lipinski definition) is 8. The predicted molar refractivity (Wildman–Crippen MR) is 120 cm³/mol. The van der Waals surface area contributed by atoms with Crippen LogP contribution in [0.1, 0.15) is 30.0 Å². The van der Waals surface area contributed by atoms with Crippen LogP contribution in [0.2, 0.25) is 0 Å². The minimum atomic E-state index is -4.46. The van der Waals surface area contributed by atoms with Crippen LogP contribution in [0.3, 0.4) is 0 Å². The Hall–Kier alpha value is -3.18. The van der Waals surface area contributed by atoms with Crippen molar-refractivity contribution in [2.45, 2.75) is 26.1 Å². The molecule has 1 aromatic carbocycles. The van der Waals surface area contributed by atoms with Crippen LogP contribution < -0.4 is 14.8 Å². The molecule has 0 spiro atoms. The van der Waals surface area contributed by atoms with Gasteiger partial charge in [0.15, 0.2) is 11.5 Å². The van der Waals surface area contributed by atoms with E-state index in [0.29, 0.717) is 60.5 Å². The maximum absolute atomic E-state index is 13.1. The number of fused-ring (bicyclic) bond motifs is 1. The minimum Gasteiger partial charge on any atom is -0.487 e. The zero-order chi connectivity index (χ0) is 24.7. The molecule has 0 saturated carbocycles. The molecule has 11 heteroatoms. The van der Waals surface area contributed by atoms with Gasteiger partial charge in [-0.05, 0) is 32.0 Å². The average Bonchev–Trinajstić information content (AvgIpc) is 2.79. The molecule has 2 heterocycles. The number of benzene rings is 1. The van der Waals surface area contributed by atoms with Crippen molar-refractivity contribution in [2.75, 3.05) is 46.0 Å². The van der Waals surface area contributed by atoms with Crippen LogP contribution in [-0.2, 0) is 15.7 Å². The van der Waals surface area contributed by atoms with Gasteiger partial charge in [-0.25, -0.2) is 9.97 Å². The molecule has 0 aliphatic carbocycles. The molecule has 184 valence electrons. The summed E-state index contributed by atoms with van der Waals surface area (Å²) in [5.41, 5.74) is 0.0580. The fourth-order valence-corrected chi connectivity index (χ4v) is 3.20. The molecule has 0 aliphatic heterocycles. The Morgan fingerprint density at radius 1 is 0.941 bits per heavy atom. The summed E-state index contributed by atoms with van der Waals surface area (Å²) in [7, 11) is 3.15. The number of aromatic nitrogens is 3. The molecule has 0 radical (unpaired) electrons. The molecule has 0 saturated heterocycles. The van der Waals surface area contributed by atoms with Crippen LogP contribution in [0, 0.1) is 6.92 Å². The molecule has 0 amide bonds. The summed E-state index contributed by atoms with van der Waals surface area (Å²) in [5.74, 6) is 1.86. The van der Waals surface area contributed by atoms with Gasteiger partial charge in [0, 0.05) is 31.9 Å². The van der Waals surface area contributed by atoms with Gasteiger partial charge in [0.2, 0.25) is 0 Å². The molecule has 34 heavy (non-hydrogen) atoms. The first-order valence-corrected chi connectivity index (χ1v) is 10.6. The lowest BCUT2D eigenvalue weighted by Crippen LogP contribution is -2.13. The summed E-state index contributed by atoms with van der Waals surface area (Å²) < 4.78 is 61.1. The highest BCUT2D eigenvalue weighted by Gasteiger charge is 2.31. The summed E-state index contributed by atoms with van der Waals surface area (Å²) in [6.45, 7) is 4.82. The van der Waals surface area contributed by atoms with Gasteiger partial charge in [-0.15, -0.1) is 0 Å². The van der Waals surface area contributed by atoms with Crippen molar-refractivity contribution in [2.24, 2.45) is 0 Å². The van der Waals surface area contributed by atoms with Gasteiger partial charge in [-0.2, -0.15) is 13.2 Å². The van der Waals surface area contributed by atoms with Gasteiger partial charge in [0.1, 0.15) is 24.9 Å². The summed E-state index contributed by atoms with van der Waals surface area (Å²) in [4.78, 5) is 13.0. The molecular formula is C23H27F3N4O4. The maximum atomic E-state index is 13.1. The number of methoxy groups -OCH3 is 2. The Balaban J connectivity index is 1.97. The fraction of sp³-hybridized carbons (Fsp3) is 0.435. The van der Waals surface area contributed by atoms with Crippen molar-refractivity contribution in [3.63, 3.8) is 0 Å². The predicted octanol–water partition coefficient (Wildman–Crippen LogP) is 4.58. The second-order valence-corrected chi connectivity index (χ2v) is 7.45. The molecule has 0 aliphatic rings. The van der Waals surface area contributed by atoms with Crippen LogP contribution in [0.5, 0.6) is 11.5 Å². The normalized spacial score (nSPS) is 12.6. The van der Waals surface area contributed by atoms with Crippen molar-refractivity contribution >= 4 is 16.7 Å². The smallest absolute Gasteiger partial charge is 0.416 e. The first-order valence-electron chi connectivity index (χ1n) is 10.6. The van der Waals surface area contributed by atoms with Crippen molar-refractivity contribution in [3.8, 4) is 11.5 Å². The number of nitrogens with one attached hydrogen (secondary N) is 1. The number of ether oxygens (including phenoxy) is 4. The first kappa shape index (κ1) is 25.4. The maximum Gasteiger partial charge on any atom is 0.416 e. The third-order valence-corrected chi connectivity index (χ3v) is 4.87. The van der Waals surface area contributed by atoms with E-state index in [0.717, 1.165) is 18.3 Å². The lowest BCUT2D eigenvalue weighted by atomic mass is 10.1. The molecular weight excluding hydrogens is 453 g/mol. The number of hydrogen-bond donors (Lipinski definition) is 1. The number of rotatable bonds is 11. The number of pyridine rings is 1. The zero-order valence-electron chi connectivity index (χ0n) is 19.4. The Kier molecular flexibility index (Phi) is 8.46. The van der Waals surface area contributed by atoms with Gasteiger partial charge in [-0.3, -0.25) is 4.98 Å². The number of halogens is 3. The molecule has 0 unspecified atom stereocenters. The van der Waals surface area contributed by atoms with E-state index in [2.05, 4.69) is 20.3 Å². The third kappa shape index (κ3) is 6.45. The average molecular weight is 480 g/mol. The van der Waals surface area contributed by atoms with Gasteiger partial charge in [0.05, 0.1) is 36.0 Å². The van der Waals surface area contributed by atoms with E-state index in [1.807, 2.05) is 0 Å². The summed E-state index contributed by atoms with van der Waals surface area (Å²) in [6.07, 6.45) is -3.31. The van der Waals surface area contributed by atoms with Crippen molar-refractivity contribution in [3.05, 3.63) is 47.5 Å². The SMILES string of the molecule is COCCOc1cc2nc(C)nc(N[C@H](C)c3cc(C(F)(F)F)ccn3)c2cc1OCCOC. The Labute approximate surface area is 195 Å². The monoisotopic (exact) mass is 480 g/mol. The van der Waals surface area contributed by atoms with Crippen LogP contribution in [0.25, 0.3) is 10.9 Å². The molecule has 1 N–H and O–H groups in total. The van der Waals surface area contributed by atoms with E-state index in [9.17, 15) is 13.2 Å². The van der Waals surface area contributed by atoms with Crippen LogP contribution in [0.15, 0.2) is 30.5 Å².